The Labute approximate surface area is 241 Å². The fraction of sp³-hybridized carbons (Fsp3) is 0.655. The molecule has 2 amide bonds. The summed E-state index contributed by atoms with van der Waals surface area (Å²) in [4.78, 5) is 40.6. The number of nitriles is 1. The molecule has 0 aromatic heterocycles. The first kappa shape index (κ1) is 30.8. The van der Waals surface area contributed by atoms with E-state index in [0.29, 0.717) is 6.42 Å². The van der Waals surface area contributed by atoms with Crippen LogP contribution in [-0.2, 0) is 30.0 Å². The Hall–Kier alpha value is -3.17. The second kappa shape index (κ2) is 10.9. The largest absolute Gasteiger partial charge is 0.495 e. The summed E-state index contributed by atoms with van der Waals surface area (Å²) >= 11 is 0. The Bertz CT molecular complexity index is 1260. The summed E-state index contributed by atoms with van der Waals surface area (Å²) in [5, 5.41) is 12.6. The zero-order chi connectivity index (χ0) is 30.5. The minimum atomic E-state index is -1.12. The van der Waals surface area contributed by atoms with Gasteiger partial charge in [-0.3, -0.25) is 9.69 Å². The molecular weight excluding hydrogens is 532 g/mol. The normalized spacial score (nSPS) is 25.0. The van der Waals surface area contributed by atoms with E-state index in [1.807, 2.05) is 33.8 Å². The Kier molecular flexibility index (Phi) is 8.19. The number of halogens is 1. The molecule has 10 nitrogen and oxygen atoms in total. The molecule has 2 saturated heterocycles. The molecule has 3 fully saturated rings. The molecule has 1 unspecified atom stereocenters. The van der Waals surface area contributed by atoms with Gasteiger partial charge in [-0.05, 0) is 96.8 Å². The van der Waals surface area contributed by atoms with Crippen molar-refractivity contribution >= 4 is 30.6 Å². The molecule has 3 aliphatic rings. The second-order valence-electron chi connectivity index (χ2n) is 13.1. The standard InChI is InChI=1S/C29H39BFN3O7/c1-27(2,3)39-26(37)34-19-10-9-16(12-19)23(34)24(35)33-18(15-32)11-17-13-20(25(36)38-8)21(14-22(17)31)30-40-28(4,5)29(6,7)41-30/h13-14,16,18-19,23H,9-12H2,1-8H3,(H,33,35)/t16?,18-,19+,23-/m0/s1. The predicted octanol–water partition coefficient (Wildman–Crippen LogP) is 3.25. The number of fused-ring (bicyclic) bond motifs is 2. The van der Waals surface area contributed by atoms with Gasteiger partial charge >= 0.3 is 19.2 Å². The molecular formula is C29H39BFN3O7. The highest BCUT2D eigenvalue weighted by molar-refractivity contribution is 6.63. The van der Waals surface area contributed by atoms with Crippen LogP contribution in [0.2, 0.25) is 0 Å². The number of amides is 2. The second-order valence-corrected chi connectivity index (χ2v) is 13.1. The number of benzene rings is 1. The van der Waals surface area contributed by atoms with Gasteiger partial charge in [0.1, 0.15) is 23.5 Å². The minimum Gasteiger partial charge on any atom is -0.465 e. The smallest absolute Gasteiger partial charge is 0.465 e. The Morgan fingerprint density at radius 3 is 2.39 bits per heavy atom. The van der Waals surface area contributed by atoms with Gasteiger partial charge in [0, 0.05) is 12.5 Å². The number of ether oxygens (including phenoxy) is 2. The number of carbonyl (C=O) groups excluding carboxylic acids is 3. The number of methoxy groups -OCH3 is 1. The highest BCUT2D eigenvalue weighted by Crippen LogP contribution is 2.43. The first-order valence-corrected chi connectivity index (χ1v) is 14.0. The number of hydrogen-bond donors (Lipinski definition) is 1. The first-order chi connectivity index (χ1) is 19.0. The molecule has 1 N–H and O–H groups in total. The van der Waals surface area contributed by atoms with E-state index in [4.69, 9.17) is 18.8 Å². The van der Waals surface area contributed by atoms with Crippen LogP contribution in [0.4, 0.5) is 9.18 Å². The first-order valence-electron chi connectivity index (χ1n) is 14.0. The van der Waals surface area contributed by atoms with Gasteiger partial charge in [0.25, 0.3) is 0 Å². The SMILES string of the molecule is COC(=O)c1cc(C[C@@H](C#N)NC(=O)[C@@H]2C3CC[C@H](C3)N2C(=O)OC(C)(C)C)c(F)cc1B1OC(C)(C)C(C)(C)O1. The maximum atomic E-state index is 15.5. The number of likely N-dealkylation sites (tertiary alicyclic amines) is 1. The molecule has 0 spiro atoms. The number of carbonyl (C=O) groups is 3. The van der Waals surface area contributed by atoms with E-state index in [0.717, 1.165) is 18.9 Å². The summed E-state index contributed by atoms with van der Waals surface area (Å²) in [6.07, 6.45) is 1.48. The average Bonchev–Trinajstić information content (AvgIpc) is 3.54. The maximum Gasteiger partial charge on any atom is 0.495 e. The van der Waals surface area contributed by atoms with E-state index < -0.39 is 59.8 Å². The van der Waals surface area contributed by atoms with Crippen molar-refractivity contribution in [2.45, 2.75) is 109 Å². The molecule has 222 valence electrons. The van der Waals surface area contributed by atoms with Gasteiger partial charge in [-0.15, -0.1) is 0 Å². The molecule has 4 atom stereocenters. The van der Waals surface area contributed by atoms with Crippen LogP contribution in [0.25, 0.3) is 0 Å². The fourth-order valence-corrected chi connectivity index (χ4v) is 5.75. The summed E-state index contributed by atoms with van der Waals surface area (Å²) < 4.78 is 38.0. The predicted molar refractivity (Wildman–Crippen MR) is 148 cm³/mol. The van der Waals surface area contributed by atoms with Crippen LogP contribution in [0.15, 0.2) is 12.1 Å². The van der Waals surface area contributed by atoms with Gasteiger partial charge in [-0.25, -0.2) is 14.0 Å². The van der Waals surface area contributed by atoms with Gasteiger partial charge in [-0.1, -0.05) is 0 Å². The van der Waals surface area contributed by atoms with Crippen molar-refractivity contribution in [2.24, 2.45) is 5.92 Å². The molecule has 1 aliphatic carbocycles. The van der Waals surface area contributed by atoms with Crippen molar-refractivity contribution in [3.63, 3.8) is 0 Å². The van der Waals surface area contributed by atoms with Crippen LogP contribution < -0.4 is 10.8 Å². The van der Waals surface area contributed by atoms with Crippen molar-refractivity contribution in [3.05, 3.63) is 29.1 Å². The van der Waals surface area contributed by atoms with Crippen LogP contribution in [0.3, 0.4) is 0 Å². The molecule has 41 heavy (non-hydrogen) atoms. The van der Waals surface area contributed by atoms with Crippen LogP contribution in [-0.4, -0.2) is 72.0 Å². The number of rotatable bonds is 6. The van der Waals surface area contributed by atoms with Crippen molar-refractivity contribution < 1.29 is 37.6 Å². The van der Waals surface area contributed by atoms with Crippen molar-refractivity contribution in [1.82, 2.24) is 10.2 Å². The van der Waals surface area contributed by atoms with E-state index in [2.05, 4.69) is 5.32 Å². The van der Waals surface area contributed by atoms with Crippen molar-refractivity contribution in [1.29, 1.82) is 5.26 Å². The number of nitrogens with one attached hydrogen (secondary N) is 1. The lowest BCUT2D eigenvalue weighted by Crippen LogP contribution is -2.55. The number of nitrogens with zero attached hydrogens (tertiary/aromatic N) is 2. The molecule has 1 aromatic rings. The summed E-state index contributed by atoms with van der Waals surface area (Å²) in [6, 6.07) is 2.47. The van der Waals surface area contributed by atoms with Crippen LogP contribution in [0.1, 0.15) is 83.7 Å². The van der Waals surface area contributed by atoms with Gasteiger partial charge in [-0.2, -0.15) is 5.26 Å². The number of esters is 1. The van der Waals surface area contributed by atoms with Crippen LogP contribution in [0, 0.1) is 23.1 Å². The lowest BCUT2D eigenvalue weighted by Gasteiger charge is -2.35. The van der Waals surface area contributed by atoms with Gasteiger partial charge in [0.2, 0.25) is 5.91 Å². The molecule has 1 saturated carbocycles. The van der Waals surface area contributed by atoms with E-state index in [1.54, 1.807) is 20.8 Å². The minimum absolute atomic E-state index is 0.0365. The fourth-order valence-electron chi connectivity index (χ4n) is 5.75. The molecule has 12 heteroatoms. The molecule has 2 aliphatic heterocycles. The van der Waals surface area contributed by atoms with E-state index in [9.17, 15) is 19.6 Å². The molecule has 2 heterocycles. The van der Waals surface area contributed by atoms with Gasteiger partial charge in [0.15, 0.2) is 0 Å². The van der Waals surface area contributed by atoms with E-state index in [-0.39, 0.29) is 35.0 Å². The summed E-state index contributed by atoms with van der Waals surface area (Å²) in [6.45, 7) is 12.6. The topological polar surface area (TPSA) is 127 Å². The van der Waals surface area contributed by atoms with Crippen LogP contribution in [0.5, 0.6) is 0 Å². The van der Waals surface area contributed by atoms with Crippen LogP contribution >= 0.6 is 0 Å². The molecule has 2 bridgehead atoms. The summed E-state index contributed by atoms with van der Waals surface area (Å²) in [7, 11) is 0.199. The lowest BCUT2D eigenvalue weighted by molar-refractivity contribution is -0.128. The third-order valence-corrected chi connectivity index (χ3v) is 8.49. The third kappa shape index (κ3) is 6.07. The highest BCUT2D eigenvalue weighted by atomic mass is 19.1. The summed E-state index contributed by atoms with van der Waals surface area (Å²) in [5.41, 5.74) is -1.92. The molecule has 1 aromatic carbocycles. The van der Waals surface area contributed by atoms with Crippen molar-refractivity contribution in [2.75, 3.05) is 7.11 Å². The average molecular weight is 571 g/mol. The van der Waals surface area contributed by atoms with E-state index >= 15 is 4.39 Å². The molecule has 4 rings (SSSR count). The van der Waals surface area contributed by atoms with Gasteiger partial charge < -0.3 is 24.1 Å². The quantitative estimate of drug-likeness (QED) is 0.407. The number of piperidine rings is 1. The Morgan fingerprint density at radius 2 is 1.83 bits per heavy atom. The van der Waals surface area contributed by atoms with Gasteiger partial charge in [0.05, 0.1) is 29.9 Å². The number of hydrogen-bond acceptors (Lipinski definition) is 8. The highest BCUT2D eigenvalue weighted by Gasteiger charge is 2.54. The maximum absolute atomic E-state index is 15.5. The Balaban J connectivity index is 1.55. The Morgan fingerprint density at radius 1 is 1.20 bits per heavy atom. The monoisotopic (exact) mass is 571 g/mol. The lowest BCUT2D eigenvalue weighted by atomic mass is 9.75. The third-order valence-electron chi connectivity index (χ3n) is 8.49. The van der Waals surface area contributed by atoms with Crippen molar-refractivity contribution in [3.8, 4) is 6.07 Å². The van der Waals surface area contributed by atoms with E-state index in [1.165, 1.54) is 18.1 Å². The summed E-state index contributed by atoms with van der Waals surface area (Å²) in [5.74, 6) is -1.94. The zero-order valence-corrected chi connectivity index (χ0v) is 25.0. The zero-order valence-electron chi connectivity index (χ0n) is 25.0. The molecule has 0 radical (unpaired) electrons.